The molecule has 5 heterocycles. The van der Waals surface area contributed by atoms with Gasteiger partial charge in [-0.05, 0) is 48.0 Å². The van der Waals surface area contributed by atoms with Crippen LogP contribution < -0.4 is 21.4 Å². The normalized spacial score (nSPS) is 12.9. The maximum absolute atomic E-state index is 12.7. The average Bonchev–Trinajstić information content (AvgIpc) is 3.74. The molecule has 4 aromatic heterocycles. The summed E-state index contributed by atoms with van der Waals surface area (Å²) in [5, 5.41) is 41.0. The summed E-state index contributed by atoms with van der Waals surface area (Å²) in [4.78, 5) is 61.6. The number of hydrogen-bond donors (Lipinski definition) is 8. The first-order chi connectivity index (χ1) is 20.1. The fraction of sp³-hybridized carbons (Fsp3) is 0. The summed E-state index contributed by atoms with van der Waals surface area (Å²) in [6.45, 7) is 0. The first kappa shape index (κ1) is 26.0. The van der Waals surface area contributed by atoms with Crippen LogP contribution in [0.2, 0.25) is 0 Å². The highest BCUT2D eigenvalue weighted by molar-refractivity contribution is 6.18. The Kier molecular flexibility index (Phi) is 6.00. The molecule has 0 spiro atoms. The lowest BCUT2D eigenvalue weighted by Gasteiger charge is -2.04. The second-order valence-corrected chi connectivity index (χ2v) is 9.42. The predicted molar refractivity (Wildman–Crippen MR) is 148 cm³/mol. The maximum atomic E-state index is 12.7. The molecule has 0 saturated carbocycles. The Morgan fingerprint density at radius 3 is 1.33 bits per heavy atom. The van der Waals surface area contributed by atoms with E-state index in [4.69, 9.17) is 0 Å². The van der Waals surface area contributed by atoms with Crippen LogP contribution in [0.3, 0.4) is 0 Å². The molecule has 0 fully saturated rings. The van der Waals surface area contributed by atoms with E-state index < -0.39 is 23.9 Å². The molecule has 1 aliphatic heterocycles. The van der Waals surface area contributed by atoms with Crippen molar-refractivity contribution < 1.29 is 39.6 Å². The fourth-order valence-electron chi connectivity index (χ4n) is 5.18. The molecular weight excluding hydrogens is 544 g/mol. The number of benzene rings is 1. The summed E-state index contributed by atoms with van der Waals surface area (Å²) in [5.74, 6) is -5.39. The van der Waals surface area contributed by atoms with Gasteiger partial charge in [-0.25, -0.2) is 19.2 Å². The lowest BCUT2D eigenvalue weighted by Crippen LogP contribution is -2.24. The Balaban J connectivity index is 1.86. The van der Waals surface area contributed by atoms with E-state index in [0.717, 1.165) is 0 Å². The zero-order chi connectivity index (χ0) is 29.7. The number of carboxylic acids is 4. The van der Waals surface area contributed by atoms with Gasteiger partial charge in [0.05, 0.1) is 44.2 Å². The molecule has 0 saturated heterocycles. The van der Waals surface area contributed by atoms with Crippen molar-refractivity contribution in [1.29, 1.82) is 0 Å². The van der Waals surface area contributed by atoms with Gasteiger partial charge in [-0.2, -0.15) is 0 Å². The molecule has 0 aliphatic carbocycles. The molecule has 1 aromatic carbocycles. The highest BCUT2D eigenvalue weighted by Crippen LogP contribution is 2.21. The summed E-state index contributed by atoms with van der Waals surface area (Å²) in [5.41, 5.74) is 0.178. The van der Waals surface area contributed by atoms with Gasteiger partial charge in [-0.3, -0.25) is 0 Å². The second kappa shape index (κ2) is 9.71. The van der Waals surface area contributed by atoms with E-state index in [2.05, 4.69) is 19.9 Å². The van der Waals surface area contributed by atoms with Gasteiger partial charge in [0, 0.05) is 5.56 Å². The highest BCUT2D eigenvalue weighted by Gasteiger charge is 2.24. The van der Waals surface area contributed by atoms with E-state index in [-0.39, 0.29) is 66.5 Å². The van der Waals surface area contributed by atoms with Crippen LogP contribution in [0.1, 0.15) is 22.8 Å². The largest absolute Gasteiger partial charge is 0.478 e. The van der Waals surface area contributed by atoms with Crippen molar-refractivity contribution in [2.75, 3.05) is 0 Å². The molecule has 0 amide bonds. The Bertz CT molecular complexity index is 2210. The average molecular weight is 565 g/mol. The van der Waals surface area contributed by atoms with Crippen molar-refractivity contribution in [1.82, 2.24) is 19.9 Å². The molecule has 0 atom stereocenters. The summed E-state index contributed by atoms with van der Waals surface area (Å²) < 4.78 is 0. The smallest absolute Gasteiger partial charge is 0.339 e. The number of H-pyrrole nitrogens is 4. The van der Waals surface area contributed by atoms with Crippen molar-refractivity contribution in [2.24, 2.45) is 0 Å². The van der Waals surface area contributed by atoms with Gasteiger partial charge in [-0.1, -0.05) is 30.3 Å². The number of aromatic amines is 4. The Hall–Kier alpha value is -6.30. The number of fused-ring (bicyclic) bond motifs is 8. The molecule has 0 radical (unpaired) electrons. The van der Waals surface area contributed by atoms with Crippen LogP contribution in [-0.4, -0.2) is 64.2 Å². The summed E-state index contributed by atoms with van der Waals surface area (Å²) in [6, 6.07) is 18.6. The summed E-state index contributed by atoms with van der Waals surface area (Å²) in [6.07, 6.45) is 0. The molecule has 8 bridgehead atoms. The molecule has 6 rings (SSSR count). The van der Waals surface area contributed by atoms with Crippen LogP contribution in [0, 0.1) is 0 Å². The van der Waals surface area contributed by atoms with E-state index in [1.54, 1.807) is 30.3 Å². The molecular formula is C30H20N4O8. The first-order valence-electron chi connectivity index (χ1n) is 12.4. The molecule has 12 nitrogen and oxygen atoms in total. The van der Waals surface area contributed by atoms with Crippen LogP contribution in [0.5, 0.6) is 0 Å². The van der Waals surface area contributed by atoms with Crippen LogP contribution in [0.25, 0.3) is 33.4 Å². The van der Waals surface area contributed by atoms with Gasteiger partial charge in [0.2, 0.25) is 0 Å². The third kappa shape index (κ3) is 4.19. The molecule has 1 aliphatic rings. The number of nitrogens with one attached hydrogen (secondary N) is 4. The van der Waals surface area contributed by atoms with Crippen LogP contribution in [0.4, 0.5) is 0 Å². The standard InChI is InChI=1S/C30H20N4O8/c35-27(36)22-15-6-7-16(31-15)23(28(37)38)18-10-11-20(33-18)25(30(41)42)26-14(13-4-2-1-3-5-13)12-21(34-26)24(29(39)40)19-9-8-17(22)32-19/h1-12,31-34H,(H,35,36)(H,37,38)(H,39,40)(H,41,42). The predicted octanol–water partition coefficient (Wildman–Crippen LogP) is 0.114. The van der Waals surface area contributed by atoms with Crippen LogP contribution in [-0.2, 0) is 19.2 Å². The number of aromatic nitrogens is 4. The van der Waals surface area contributed by atoms with Crippen molar-refractivity contribution in [2.45, 2.75) is 0 Å². The quantitative estimate of drug-likeness (QED) is 0.146. The van der Waals surface area contributed by atoms with Crippen LogP contribution >= 0.6 is 0 Å². The number of hydrogen-bond acceptors (Lipinski definition) is 4. The van der Waals surface area contributed by atoms with Gasteiger partial charge in [0.25, 0.3) is 0 Å². The van der Waals surface area contributed by atoms with Gasteiger partial charge in [-0.15, -0.1) is 0 Å². The summed E-state index contributed by atoms with van der Waals surface area (Å²) >= 11 is 0. The molecule has 208 valence electrons. The van der Waals surface area contributed by atoms with Crippen LogP contribution in [0.15, 0.2) is 72.8 Å². The minimum atomic E-state index is -1.35. The van der Waals surface area contributed by atoms with Gasteiger partial charge in [0.15, 0.2) is 0 Å². The topological polar surface area (TPSA) is 212 Å². The van der Waals surface area contributed by atoms with E-state index in [1.165, 1.54) is 42.5 Å². The summed E-state index contributed by atoms with van der Waals surface area (Å²) in [7, 11) is 0. The zero-order valence-corrected chi connectivity index (χ0v) is 21.4. The molecule has 42 heavy (non-hydrogen) atoms. The minimum Gasteiger partial charge on any atom is -0.478 e. The van der Waals surface area contributed by atoms with Gasteiger partial charge >= 0.3 is 23.9 Å². The van der Waals surface area contributed by atoms with E-state index in [1.807, 2.05) is 0 Å². The Morgan fingerprint density at radius 2 is 0.881 bits per heavy atom. The third-order valence-electron chi connectivity index (χ3n) is 6.95. The Labute approximate surface area is 233 Å². The van der Waals surface area contributed by atoms with E-state index in [0.29, 0.717) is 11.1 Å². The number of rotatable bonds is 5. The monoisotopic (exact) mass is 564 g/mol. The number of aliphatic carboxylic acids is 4. The lowest BCUT2D eigenvalue weighted by molar-refractivity contribution is -0.131. The minimum absolute atomic E-state index is 0.0533. The van der Waals surface area contributed by atoms with Crippen molar-refractivity contribution in [3.05, 3.63) is 117 Å². The SMILES string of the molecule is O=C(O)C1=c2ccc([nH]2)=C(C(=O)O)c2ccc([nH]2)C(C(=O)O)=c2[nH]c(cc2-c2ccccc2)=C(C(=O)O)c2ccc1[nH]2. The molecule has 0 unspecified atom stereocenters. The number of carboxylic acid groups (broad SMARTS) is 4. The van der Waals surface area contributed by atoms with Crippen molar-refractivity contribution >= 4 is 46.2 Å². The van der Waals surface area contributed by atoms with Gasteiger partial charge in [0.1, 0.15) is 22.3 Å². The first-order valence-corrected chi connectivity index (χ1v) is 12.4. The van der Waals surface area contributed by atoms with Crippen molar-refractivity contribution in [3.8, 4) is 11.1 Å². The van der Waals surface area contributed by atoms with Gasteiger partial charge < -0.3 is 40.4 Å². The van der Waals surface area contributed by atoms with Crippen molar-refractivity contribution in [3.63, 3.8) is 0 Å². The highest BCUT2D eigenvalue weighted by atomic mass is 16.4. The maximum Gasteiger partial charge on any atom is 0.339 e. The van der Waals surface area contributed by atoms with E-state index in [9.17, 15) is 39.6 Å². The fourth-order valence-corrected chi connectivity index (χ4v) is 5.18. The van der Waals surface area contributed by atoms with E-state index >= 15 is 0 Å². The second-order valence-electron chi connectivity index (χ2n) is 9.42. The molecule has 5 aromatic rings. The third-order valence-corrected chi connectivity index (χ3v) is 6.95. The molecule has 8 N–H and O–H groups in total. The molecule has 12 heteroatoms. The zero-order valence-electron chi connectivity index (χ0n) is 21.4. The lowest BCUT2D eigenvalue weighted by atomic mass is 10.0. The Morgan fingerprint density at radius 1 is 0.452 bits per heavy atom. The number of carbonyl (C=O) groups is 4.